The molecule has 1 amide bonds. The number of aromatic hydroxyl groups is 1. The molecule has 20 heavy (non-hydrogen) atoms. The largest absolute Gasteiger partial charge is 0.492 e. The summed E-state index contributed by atoms with van der Waals surface area (Å²) in [6, 6.07) is 6.38. The topological polar surface area (TPSA) is 82.8 Å². The third-order valence-electron chi connectivity index (χ3n) is 3.31. The maximum atomic E-state index is 12.4. The molecule has 0 aliphatic carbocycles. The Morgan fingerprint density at radius 2 is 1.75 bits per heavy atom. The minimum Gasteiger partial charge on any atom is -0.492 e. The Balaban J connectivity index is 2.82. The first-order valence-corrected chi connectivity index (χ1v) is 6.38. The summed E-state index contributed by atoms with van der Waals surface area (Å²) < 4.78 is 0.110. The van der Waals surface area contributed by atoms with Crippen molar-refractivity contribution in [2.75, 3.05) is 13.1 Å². The van der Waals surface area contributed by atoms with Crippen LogP contribution in [0.2, 0.25) is 0 Å². The second kappa shape index (κ2) is 5.24. The molecule has 0 fully saturated rings. The summed E-state index contributed by atoms with van der Waals surface area (Å²) in [4.78, 5) is 25.8. The molecule has 0 aliphatic rings. The summed E-state index contributed by atoms with van der Waals surface area (Å²) in [6.07, 6.45) is 0. The molecule has 0 saturated heterocycles. The first-order valence-electron chi connectivity index (χ1n) is 6.38. The van der Waals surface area contributed by atoms with E-state index in [0.29, 0.717) is 18.5 Å². The van der Waals surface area contributed by atoms with Crippen LogP contribution >= 0.6 is 0 Å². The minimum absolute atomic E-state index is 0.0635. The van der Waals surface area contributed by atoms with Crippen molar-refractivity contribution < 1.29 is 15.1 Å². The smallest absolute Gasteiger partial charge is 0.294 e. The van der Waals surface area contributed by atoms with Gasteiger partial charge in [-0.2, -0.15) is 0 Å². The number of fused-ring (bicyclic) bond motifs is 1. The van der Waals surface area contributed by atoms with Crippen LogP contribution in [-0.4, -0.2) is 38.9 Å². The van der Waals surface area contributed by atoms with Crippen molar-refractivity contribution in [3.63, 3.8) is 0 Å². The molecular formula is C14H16N2O4. The Bertz CT molecular complexity index is 717. The van der Waals surface area contributed by atoms with Gasteiger partial charge in [0, 0.05) is 18.5 Å². The average molecular weight is 276 g/mol. The summed E-state index contributed by atoms with van der Waals surface area (Å²) in [5, 5.41) is 20.1. The highest BCUT2D eigenvalue weighted by Gasteiger charge is 2.24. The lowest BCUT2D eigenvalue weighted by molar-refractivity contribution is 0.0759. The van der Waals surface area contributed by atoms with E-state index < -0.39 is 17.3 Å². The molecular weight excluding hydrogens is 260 g/mol. The second-order valence-electron chi connectivity index (χ2n) is 4.34. The molecule has 0 saturated carbocycles. The van der Waals surface area contributed by atoms with Crippen molar-refractivity contribution in [3.8, 4) is 5.88 Å². The lowest BCUT2D eigenvalue weighted by Crippen LogP contribution is -2.32. The van der Waals surface area contributed by atoms with Gasteiger partial charge in [0.25, 0.3) is 11.5 Å². The van der Waals surface area contributed by atoms with Gasteiger partial charge in [-0.3, -0.25) is 9.59 Å². The van der Waals surface area contributed by atoms with Gasteiger partial charge in [0.1, 0.15) is 5.56 Å². The van der Waals surface area contributed by atoms with Crippen LogP contribution in [0, 0.1) is 0 Å². The Labute approximate surface area is 115 Å². The number of benzene rings is 1. The highest BCUT2D eigenvalue weighted by Crippen LogP contribution is 2.25. The molecule has 2 rings (SSSR count). The summed E-state index contributed by atoms with van der Waals surface area (Å²) in [5.41, 5.74) is -0.819. The fourth-order valence-corrected chi connectivity index (χ4v) is 2.20. The summed E-state index contributed by atoms with van der Waals surface area (Å²) in [7, 11) is 0. The minimum atomic E-state index is -0.755. The standard InChI is InChI=1S/C14H16N2O4/c1-3-15(4-2)13(18)11-9-7-5-6-8-10(9)12(17)16(20)14(11)19/h5-8,19-20H,3-4H2,1-2H3. The molecule has 1 aromatic heterocycles. The van der Waals surface area contributed by atoms with E-state index in [9.17, 15) is 19.9 Å². The molecule has 0 radical (unpaired) electrons. The average Bonchev–Trinajstić information content (AvgIpc) is 2.46. The van der Waals surface area contributed by atoms with Gasteiger partial charge in [0.15, 0.2) is 0 Å². The Kier molecular flexibility index (Phi) is 3.65. The van der Waals surface area contributed by atoms with E-state index in [2.05, 4.69) is 0 Å². The van der Waals surface area contributed by atoms with Gasteiger partial charge < -0.3 is 15.2 Å². The first kappa shape index (κ1) is 13.9. The van der Waals surface area contributed by atoms with Crippen LogP contribution in [0.4, 0.5) is 0 Å². The normalized spacial score (nSPS) is 10.7. The number of rotatable bonds is 3. The van der Waals surface area contributed by atoms with Crippen molar-refractivity contribution in [2.24, 2.45) is 0 Å². The number of pyridine rings is 1. The predicted molar refractivity (Wildman–Crippen MR) is 74.3 cm³/mol. The molecule has 0 spiro atoms. The molecule has 0 atom stereocenters. The molecule has 0 aliphatic heterocycles. The number of aromatic nitrogens is 1. The fraction of sp³-hybridized carbons (Fsp3) is 0.286. The Hall–Kier alpha value is -2.50. The summed E-state index contributed by atoms with van der Waals surface area (Å²) in [5.74, 6) is -1.16. The zero-order valence-corrected chi connectivity index (χ0v) is 11.3. The molecule has 6 heteroatoms. The van der Waals surface area contributed by atoms with Crippen LogP contribution in [-0.2, 0) is 0 Å². The van der Waals surface area contributed by atoms with Crippen LogP contribution in [0.15, 0.2) is 29.1 Å². The van der Waals surface area contributed by atoms with Crippen molar-refractivity contribution in [1.82, 2.24) is 9.63 Å². The van der Waals surface area contributed by atoms with Crippen LogP contribution in [0.1, 0.15) is 24.2 Å². The highest BCUT2D eigenvalue weighted by molar-refractivity contribution is 6.08. The third-order valence-corrected chi connectivity index (χ3v) is 3.31. The quantitative estimate of drug-likeness (QED) is 0.831. The number of hydrogen-bond acceptors (Lipinski definition) is 4. The zero-order valence-electron chi connectivity index (χ0n) is 11.3. The van der Waals surface area contributed by atoms with Crippen LogP contribution < -0.4 is 5.56 Å². The molecule has 1 aromatic carbocycles. The van der Waals surface area contributed by atoms with Crippen molar-refractivity contribution in [1.29, 1.82) is 0 Å². The monoisotopic (exact) mass is 276 g/mol. The van der Waals surface area contributed by atoms with Crippen molar-refractivity contribution >= 4 is 16.7 Å². The van der Waals surface area contributed by atoms with E-state index in [0.717, 1.165) is 0 Å². The van der Waals surface area contributed by atoms with Gasteiger partial charge in [0.05, 0.1) is 5.39 Å². The summed E-state index contributed by atoms with van der Waals surface area (Å²) in [6.45, 7) is 4.56. The predicted octanol–water partition coefficient (Wildman–Crippen LogP) is 1.43. The highest BCUT2D eigenvalue weighted by atomic mass is 16.5. The van der Waals surface area contributed by atoms with E-state index in [1.54, 1.807) is 18.2 Å². The van der Waals surface area contributed by atoms with E-state index in [4.69, 9.17) is 0 Å². The zero-order chi connectivity index (χ0) is 14.9. The van der Waals surface area contributed by atoms with E-state index in [1.807, 2.05) is 13.8 Å². The van der Waals surface area contributed by atoms with Crippen LogP contribution in [0.25, 0.3) is 10.8 Å². The molecule has 106 valence electrons. The maximum absolute atomic E-state index is 12.4. The number of amides is 1. The number of hydrogen-bond donors (Lipinski definition) is 2. The SMILES string of the molecule is CCN(CC)C(=O)c1c(O)n(O)c(=O)c2ccccc12. The van der Waals surface area contributed by atoms with Gasteiger partial charge in [-0.25, -0.2) is 0 Å². The Morgan fingerprint density at radius 1 is 1.20 bits per heavy atom. The molecule has 6 nitrogen and oxygen atoms in total. The van der Waals surface area contributed by atoms with Crippen LogP contribution in [0.5, 0.6) is 5.88 Å². The van der Waals surface area contributed by atoms with Crippen molar-refractivity contribution in [3.05, 3.63) is 40.2 Å². The maximum Gasteiger partial charge on any atom is 0.294 e. The molecule has 0 unspecified atom stereocenters. The molecule has 2 N–H and O–H groups in total. The number of carbonyl (C=O) groups is 1. The van der Waals surface area contributed by atoms with Crippen molar-refractivity contribution in [2.45, 2.75) is 13.8 Å². The van der Waals surface area contributed by atoms with E-state index in [1.165, 1.54) is 11.0 Å². The van der Waals surface area contributed by atoms with E-state index in [-0.39, 0.29) is 15.7 Å². The van der Waals surface area contributed by atoms with E-state index >= 15 is 0 Å². The summed E-state index contributed by atoms with van der Waals surface area (Å²) >= 11 is 0. The lowest BCUT2D eigenvalue weighted by atomic mass is 10.1. The van der Waals surface area contributed by atoms with Gasteiger partial charge in [-0.1, -0.05) is 18.2 Å². The lowest BCUT2D eigenvalue weighted by Gasteiger charge is -2.20. The van der Waals surface area contributed by atoms with Crippen LogP contribution in [0.3, 0.4) is 0 Å². The molecule has 2 aromatic rings. The first-order chi connectivity index (χ1) is 9.52. The molecule has 0 bridgehead atoms. The number of nitrogens with zero attached hydrogens (tertiary/aromatic N) is 2. The van der Waals surface area contributed by atoms with Gasteiger partial charge in [0.2, 0.25) is 5.88 Å². The molecule has 1 heterocycles. The van der Waals surface area contributed by atoms with Gasteiger partial charge >= 0.3 is 0 Å². The van der Waals surface area contributed by atoms with Gasteiger partial charge in [-0.05, 0) is 19.9 Å². The second-order valence-corrected chi connectivity index (χ2v) is 4.34. The fourth-order valence-electron chi connectivity index (χ4n) is 2.20. The van der Waals surface area contributed by atoms with Gasteiger partial charge in [-0.15, -0.1) is 4.73 Å². The Morgan fingerprint density at radius 3 is 2.30 bits per heavy atom. The number of carbonyl (C=O) groups excluding carboxylic acids is 1. The third kappa shape index (κ3) is 1.99.